The van der Waals surface area contributed by atoms with Crippen LogP contribution in [0.3, 0.4) is 0 Å². The topological polar surface area (TPSA) is 83.3 Å². The fourth-order valence-electron chi connectivity index (χ4n) is 2.82. The number of nitrogens with zero attached hydrogens (tertiary/aromatic N) is 2. The van der Waals surface area contributed by atoms with E-state index >= 15 is 0 Å². The number of aromatic nitrogens is 1. The van der Waals surface area contributed by atoms with Gasteiger partial charge in [-0.1, -0.05) is 24.7 Å². The van der Waals surface area contributed by atoms with Gasteiger partial charge in [-0.2, -0.15) is 0 Å². The summed E-state index contributed by atoms with van der Waals surface area (Å²) in [5.74, 6) is 0.953. The summed E-state index contributed by atoms with van der Waals surface area (Å²) in [5.41, 5.74) is 5.93. The van der Waals surface area contributed by atoms with Gasteiger partial charge in [0.15, 0.2) is 5.13 Å². The van der Waals surface area contributed by atoms with Crippen molar-refractivity contribution in [3.8, 4) is 0 Å². The van der Waals surface area contributed by atoms with Gasteiger partial charge in [0, 0.05) is 32.2 Å². The van der Waals surface area contributed by atoms with Crippen LogP contribution in [-0.4, -0.2) is 43.1 Å². The SMILES string of the molecule is CCCC1CC1NC(=O)c1sc(N2CCNCC2)nc1N. The van der Waals surface area contributed by atoms with E-state index in [-0.39, 0.29) is 5.91 Å². The first-order chi connectivity index (χ1) is 10.2. The van der Waals surface area contributed by atoms with E-state index in [0.717, 1.165) is 37.7 Å². The van der Waals surface area contributed by atoms with Crippen LogP contribution >= 0.6 is 11.3 Å². The molecule has 7 heteroatoms. The van der Waals surface area contributed by atoms with Gasteiger partial charge < -0.3 is 21.3 Å². The molecule has 0 radical (unpaired) electrons. The van der Waals surface area contributed by atoms with Gasteiger partial charge in [-0.3, -0.25) is 4.79 Å². The van der Waals surface area contributed by atoms with Crippen LogP contribution in [0.15, 0.2) is 0 Å². The number of rotatable bonds is 5. The smallest absolute Gasteiger partial charge is 0.265 e. The third-order valence-electron chi connectivity index (χ3n) is 4.13. The number of piperazine rings is 1. The van der Waals surface area contributed by atoms with Crippen molar-refractivity contribution in [1.82, 2.24) is 15.6 Å². The Morgan fingerprint density at radius 1 is 1.52 bits per heavy atom. The fourth-order valence-corrected chi connectivity index (χ4v) is 3.76. The van der Waals surface area contributed by atoms with Gasteiger partial charge in [0.1, 0.15) is 10.7 Å². The Balaban J connectivity index is 1.62. The highest BCUT2D eigenvalue weighted by Crippen LogP contribution is 2.35. The molecule has 4 N–H and O–H groups in total. The summed E-state index contributed by atoms with van der Waals surface area (Å²) < 4.78 is 0. The van der Waals surface area contributed by atoms with Crippen LogP contribution in [0.5, 0.6) is 0 Å². The highest BCUT2D eigenvalue weighted by molar-refractivity contribution is 7.18. The van der Waals surface area contributed by atoms with Gasteiger partial charge in [0.25, 0.3) is 5.91 Å². The molecule has 0 spiro atoms. The normalized spacial score (nSPS) is 24.9. The standard InChI is InChI=1S/C14H23N5OS/c1-2-3-9-8-10(9)17-13(20)11-12(15)18-14(21-11)19-6-4-16-5-7-19/h9-10,16H,2-8,15H2,1H3,(H,17,20). The molecule has 1 aromatic heterocycles. The van der Waals surface area contributed by atoms with Gasteiger partial charge in [-0.05, 0) is 18.8 Å². The molecule has 21 heavy (non-hydrogen) atoms. The number of nitrogen functional groups attached to an aromatic ring is 1. The van der Waals surface area contributed by atoms with Crippen LogP contribution in [-0.2, 0) is 0 Å². The number of thiazole rings is 1. The molecule has 1 saturated carbocycles. The van der Waals surface area contributed by atoms with E-state index in [0.29, 0.717) is 22.7 Å². The molecule has 1 aromatic rings. The van der Waals surface area contributed by atoms with Crippen LogP contribution in [0, 0.1) is 5.92 Å². The molecule has 0 aromatic carbocycles. The summed E-state index contributed by atoms with van der Waals surface area (Å²) in [5, 5.41) is 7.25. The van der Waals surface area contributed by atoms with Crippen molar-refractivity contribution < 1.29 is 4.79 Å². The Kier molecular flexibility index (Phi) is 4.30. The second-order valence-corrected chi connectivity index (χ2v) is 6.79. The Hall–Kier alpha value is -1.34. The molecule has 2 fully saturated rings. The predicted molar refractivity (Wildman–Crippen MR) is 85.9 cm³/mol. The Morgan fingerprint density at radius 3 is 3.00 bits per heavy atom. The van der Waals surface area contributed by atoms with Crippen molar-refractivity contribution in [3.05, 3.63) is 4.88 Å². The zero-order valence-corrected chi connectivity index (χ0v) is 13.2. The second kappa shape index (κ2) is 6.19. The Morgan fingerprint density at radius 2 is 2.29 bits per heavy atom. The lowest BCUT2D eigenvalue weighted by Gasteiger charge is -2.26. The molecule has 6 nitrogen and oxygen atoms in total. The highest BCUT2D eigenvalue weighted by atomic mass is 32.1. The van der Waals surface area contributed by atoms with Crippen molar-refractivity contribution in [1.29, 1.82) is 0 Å². The molecule has 0 bridgehead atoms. The molecule has 1 saturated heterocycles. The minimum atomic E-state index is -0.0602. The summed E-state index contributed by atoms with van der Waals surface area (Å²) in [7, 11) is 0. The number of anilines is 2. The maximum Gasteiger partial charge on any atom is 0.265 e. The molecule has 1 aliphatic heterocycles. The number of carbonyl (C=O) groups is 1. The number of hydrogen-bond donors (Lipinski definition) is 3. The van der Waals surface area contributed by atoms with Gasteiger partial charge in [0.2, 0.25) is 0 Å². The third-order valence-corrected chi connectivity index (χ3v) is 5.27. The van der Waals surface area contributed by atoms with Gasteiger partial charge in [-0.25, -0.2) is 4.98 Å². The molecule has 3 rings (SSSR count). The largest absolute Gasteiger partial charge is 0.382 e. The number of nitrogens with two attached hydrogens (primary N) is 1. The molecule has 2 atom stereocenters. The maximum atomic E-state index is 12.3. The number of nitrogens with one attached hydrogen (secondary N) is 2. The fraction of sp³-hybridized carbons (Fsp3) is 0.714. The van der Waals surface area contributed by atoms with Gasteiger partial charge >= 0.3 is 0 Å². The molecular formula is C14H23N5OS. The highest BCUT2D eigenvalue weighted by Gasteiger charge is 2.38. The van der Waals surface area contributed by atoms with Crippen LogP contribution in [0.2, 0.25) is 0 Å². The molecule has 1 amide bonds. The minimum Gasteiger partial charge on any atom is -0.382 e. The van der Waals surface area contributed by atoms with Gasteiger partial charge in [-0.15, -0.1) is 0 Å². The van der Waals surface area contributed by atoms with E-state index in [1.165, 1.54) is 24.2 Å². The average molecular weight is 309 g/mol. The van der Waals surface area contributed by atoms with E-state index in [1.54, 1.807) is 0 Å². The first-order valence-corrected chi connectivity index (χ1v) is 8.53. The first-order valence-electron chi connectivity index (χ1n) is 7.72. The second-order valence-electron chi connectivity index (χ2n) is 5.81. The van der Waals surface area contributed by atoms with Crippen molar-refractivity contribution in [2.45, 2.75) is 32.2 Å². The monoisotopic (exact) mass is 309 g/mol. The Bertz CT molecular complexity index is 511. The molecule has 2 unspecified atom stereocenters. The van der Waals surface area contributed by atoms with Crippen LogP contribution in [0.25, 0.3) is 0 Å². The summed E-state index contributed by atoms with van der Waals surface area (Å²) >= 11 is 1.41. The number of amides is 1. The minimum absolute atomic E-state index is 0.0602. The lowest BCUT2D eigenvalue weighted by Crippen LogP contribution is -2.43. The zero-order valence-electron chi connectivity index (χ0n) is 12.4. The van der Waals surface area contributed by atoms with E-state index in [9.17, 15) is 4.79 Å². The summed E-state index contributed by atoms with van der Waals surface area (Å²) in [4.78, 5) is 19.4. The lowest BCUT2D eigenvalue weighted by atomic mass is 10.2. The zero-order chi connectivity index (χ0) is 14.8. The van der Waals surface area contributed by atoms with E-state index in [2.05, 4.69) is 27.4 Å². The van der Waals surface area contributed by atoms with Crippen molar-refractivity contribution in [3.63, 3.8) is 0 Å². The van der Waals surface area contributed by atoms with Crippen molar-refractivity contribution in [2.24, 2.45) is 5.92 Å². The molecule has 2 heterocycles. The third kappa shape index (κ3) is 3.29. The van der Waals surface area contributed by atoms with E-state index in [4.69, 9.17) is 5.73 Å². The van der Waals surface area contributed by atoms with E-state index < -0.39 is 0 Å². The van der Waals surface area contributed by atoms with E-state index in [1.807, 2.05) is 0 Å². The predicted octanol–water partition coefficient (Wildman–Crippen LogP) is 1.05. The van der Waals surface area contributed by atoms with Crippen LogP contribution < -0.4 is 21.3 Å². The number of hydrogen-bond acceptors (Lipinski definition) is 6. The van der Waals surface area contributed by atoms with Gasteiger partial charge in [0.05, 0.1) is 0 Å². The lowest BCUT2D eigenvalue weighted by molar-refractivity contribution is 0.0953. The summed E-state index contributed by atoms with van der Waals surface area (Å²) in [6.07, 6.45) is 3.46. The van der Waals surface area contributed by atoms with Crippen molar-refractivity contribution >= 4 is 28.2 Å². The average Bonchev–Trinajstić information content (AvgIpc) is 3.08. The first kappa shape index (κ1) is 14.6. The number of carbonyl (C=O) groups excluding carboxylic acids is 1. The van der Waals surface area contributed by atoms with Crippen LogP contribution in [0.4, 0.5) is 10.9 Å². The maximum absolute atomic E-state index is 12.3. The summed E-state index contributed by atoms with van der Waals surface area (Å²) in [6, 6.07) is 0.335. The molecular weight excluding hydrogens is 286 g/mol. The molecule has 1 aliphatic carbocycles. The molecule has 2 aliphatic rings. The van der Waals surface area contributed by atoms with Crippen LogP contribution in [0.1, 0.15) is 35.9 Å². The molecule has 116 valence electrons. The Labute approximate surface area is 129 Å². The quantitative estimate of drug-likeness (QED) is 0.757. The van der Waals surface area contributed by atoms with Crippen molar-refractivity contribution in [2.75, 3.05) is 36.8 Å². The summed E-state index contributed by atoms with van der Waals surface area (Å²) in [6.45, 7) is 5.89.